The number of aromatic nitrogens is 8. The molecule has 13 rings (SSSR count). The lowest BCUT2D eigenvalue weighted by molar-refractivity contribution is 0.422. The fourth-order valence-corrected chi connectivity index (χ4v) is 14.3. The van der Waals surface area contributed by atoms with Crippen LogP contribution in [-0.4, -0.2) is 60.3 Å². The molecule has 0 radical (unpaired) electrons. The highest BCUT2D eigenvalue weighted by molar-refractivity contribution is 6.08. The lowest BCUT2D eigenvalue weighted by Gasteiger charge is -2.28. The van der Waals surface area contributed by atoms with Crippen molar-refractivity contribution in [3.05, 3.63) is 166 Å². The number of benzene rings is 8. The third kappa shape index (κ3) is 12.3. The van der Waals surface area contributed by atoms with E-state index in [1.165, 1.54) is 0 Å². The Hall–Kier alpha value is -9.68. The van der Waals surface area contributed by atoms with Gasteiger partial charge in [0.05, 0.1) is 0 Å². The molecule has 8 bridgehead atoms. The van der Waals surface area contributed by atoms with Crippen LogP contribution < -0.4 is 0 Å². The van der Waals surface area contributed by atoms with Crippen LogP contribution in [0.2, 0.25) is 0 Å². The highest BCUT2D eigenvalue weighted by atomic mass is 16.3. The fourth-order valence-electron chi connectivity index (χ4n) is 14.3. The van der Waals surface area contributed by atoms with Gasteiger partial charge in [-0.25, -0.2) is 29.9 Å². The Balaban J connectivity index is 1.16. The van der Waals surface area contributed by atoms with Crippen LogP contribution in [-0.2, 0) is 43.3 Å². The Kier molecular flexibility index (Phi) is 15.8. The number of nitrogens with zero attached hydrogens (tertiary/aromatic N) is 6. The molecular weight excluding hydrogens is 1230 g/mol. The molecule has 0 unspecified atom stereocenters. The first-order chi connectivity index (χ1) is 46.2. The van der Waals surface area contributed by atoms with Gasteiger partial charge in [0.25, 0.3) is 0 Å². The molecule has 2 aliphatic heterocycles. The van der Waals surface area contributed by atoms with Gasteiger partial charge in [0.15, 0.2) is 23.3 Å². The normalized spacial score (nSPS) is 13.4. The molecule has 0 spiro atoms. The van der Waals surface area contributed by atoms with Crippen LogP contribution in [0.4, 0.5) is 0 Å². The summed E-state index contributed by atoms with van der Waals surface area (Å²) in [5.41, 5.74) is 16.7. The molecule has 0 saturated carbocycles. The molecule has 8 aromatic carbocycles. The van der Waals surface area contributed by atoms with E-state index < -0.39 is 0 Å². The van der Waals surface area contributed by atoms with Crippen molar-refractivity contribution in [3.63, 3.8) is 0 Å². The molecule has 514 valence electrons. The molecule has 5 heterocycles. The Labute approximate surface area is 589 Å². The predicted octanol–water partition coefficient (Wildman–Crippen LogP) is 22.7. The molecule has 6 N–H and O–H groups in total. The summed E-state index contributed by atoms with van der Waals surface area (Å²) in [5, 5.41) is 51.0. The van der Waals surface area contributed by atoms with Crippen molar-refractivity contribution in [2.75, 3.05) is 0 Å². The van der Waals surface area contributed by atoms with Crippen molar-refractivity contribution in [1.82, 2.24) is 39.9 Å². The average Bonchev–Trinajstić information content (AvgIpc) is 1.52. The van der Waals surface area contributed by atoms with Gasteiger partial charge >= 0.3 is 0 Å². The van der Waals surface area contributed by atoms with Gasteiger partial charge in [-0.3, -0.25) is 0 Å². The van der Waals surface area contributed by atoms with E-state index in [4.69, 9.17) is 29.9 Å². The van der Waals surface area contributed by atoms with Crippen molar-refractivity contribution in [2.45, 2.75) is 209 Å². The molecule has 2 aliphatic rings. The third-order valence-corrected chi connectivity index (χ3v) is 20.1. The maximum absolute atomic E-state index is 12.0. The number of rotatable bonds is 4. The standard InChI is InChI=1S/C88H98N8O4/c1-81(2,3)61-37-49(38-62(69(61)97)82(4,5)6)45-25-29-53-57(33-45)77-90-73(53)89-74-54-30-26-47(51-41-65(85(13,14)15)71(99)66(42-51)86(16,17)18)35-59(54)79(91-74)96-80-60-36-48(52-43-67(87(19,20)21)72(100)68(44-52)88(22,23)24)28-32-56(60)76(95-80)94-78-58-34-46(27-31-55(58)75(92-77)93-78)50-39-63(83(7,8)9)70(98)64(40-50)84(10,11)12/h25-44,97-100H,1-24H3,(H2,89,90,91,92,93,94,95,96). The van der Waals surface area contributed by atoms with Crippen LogP contribution in [0.25, 0.3) is 134 Å². The van der Waals surface area contributed by atoms with E-state index in [2.05, 4.69) is 297 Å². The van der Waals surface area contributed by atoms with Gasteiger partial charge in [-0.2, -0.15) is 0 Å². The smallest absolute Gasteiger partial charge is 0.164 e. The van der Waals surface area contributed by atoms with Gasteiger partial charge in [-0.15, -0.1) is 0 Å². The molecule has 100 heavy (non-hydrogen) atoms. The summed E-state index contributed by atoms with van der Waals surface area (Å²) in [4.78, 5) is 40.7. The summed E-state index contributed by atoms with van der Waals surface area (Å²) in [7, 11) is 0. The van der Waals surface area contributed by atoms with Crippen molar-refractivity contribution in [2.24, 2.45) is 0 Å². The second kappa shape index (κ2) is 22.9. The van der Waals surface area contributed by atoms with E-state index >= 15 is 0 Å². The number of phenolic OH excluding ortho intramolecular Hbond substituents is 4. The number of aromatic amines is 2. The van der Waals surface area contributed by atoms with E-state index in [1.54, 1.807) is 0 Å². The maximum Gasteiger partial charge on any atom is 0.164 e. The van der Waals surface area contributed by atoms with Gasteiger partial charge in [0, 0.05) is 88.3 Å². The molecule has 12 heteroatoms. The lowest BCUT2D eigenvalue weighted by Crippen LogP contribution is -2.17. The molecule has 0 aliphatic carbocycles. The minimum absolute atomic E-state index is 0.309. The lowest BCUT2D eigenvalue weighted by atomic mass is 9.77. The number of fused-ring (bicyclic) bond motifs is 20. The molecule has 3 aromatic heterocycles. The highest BCUT2D eigenvalue weighted by Gasteiger charge is 2.34. The van der Waals surface area contributed by atoms with Crippen LogP contribution in [0.3, 0.4) is 0 Å². The summed E-state index contributed by atoms with van der Waals surface area (Å²) in [6.45, 7) is 51.2. The molecule has 0 amide bonds. The predicted molar refractivity (Wildman–Crippen MR) is 414 cm³/mol. The van der Waals surface area contributed by atoms with Gasteiger partial charge in [-0.05, 0) is 185 Å². The van der Waals surface area contributed by atoms with E-state index in [0.29, 0.717) is 68.9 Å². The van der Waals surface area contributed by atoms with E-state index in [1.807, 2.05) is 0 Å². The monoisotopic (exact) mass is 1330 g/mol. The summed E-state index contributed by atoms with van der Waals surface area (Å²) >= 11 is 0. The topological polar surface area (TPSA) is 190 Å². The molecule has 0 saturated heterocycles. The number of phenols is 4. The molecule has 0 atom stereocenters. The van der Waals surface area contributed by atoms with Crippen LogP contribution in [0.15, 0.2) is 121 Å². The SMILES string of the molecule is CC(C)(C)c1cc(-c2ccc3c(c2)-c2nc-3nc3[nH]c(nc4nc(nc5[nH]c(n2)c2ccc(-c6cc(C(C)(C)C)c(O)c(C(C)(C)C)c6)cc52)-c2cc(-c5cc(C(C)(C)C)c(O)c(C(C)(C)C)c5)ccc2-4)c2ccc(-c4cc(C(C)(C)C)c(O)c(C(C)(C)C)c4)cc32)cc(C(C)(C)C)c1O. The van der Waals surface area contributed by atoms with E-state index in [-0.39, 0.29) is 43.3 Å². The van der Waals surface area contributed by atoms with Crippen molar-refractivity contribution >= 4 is 44.1 Å². The van der Waals surface area contributed by atoms with Crippen LogP contribution in [0.1, 0.15) is 211 Å². The van der Waals surface area contributed by atoms with Crippen molar-refractivity contribution in [3.8, 4) is 113 Å². The number of aromatic hydroxyl groups is 4. The minimum atomic E-state index is -0.370. The molecular formula is C88H98N8O4. The number of hydrogen-bond donors (Lipinski definition) is 6. The summed E-state index contributed by atoms with van der Waals surface area (Å²) < 4.78 is 0. The molecule has 11 aromatic rings. The Morgan fingerprint density at radius 3 is 0.640 bits per heavy atom. The van der Waals surface area contributed by atoms with Crippen LogP contribution >= 0.6 is 0 Å². The second-order valence-corrected chi connectivity index (χ2v) is 36.3. The zero-order chi connectivity index (χ0) is 72.6. The van der Waals surface area contributed by atoms with Gasteiger partial charge < -0.3 is 30.4 Å². The summed E-state index contributed by atoms with van der Waals surface area (Å²) in [6.07, 6.45) is 0. The Morgan fingerprint density at radius 1 is 0.210 bits per heavy atom. The number of hydrogen-bond acceptors (Lipinski definition) is 10. The first-order valence-corrected chi connectivity index (χ1v) is 35.1. The number of H-pyrrole nitrogens is 2. The molecule has 0 fully saturated rings. The first kappa shape index (κ1) is 68.8. The quantitative estimate of drug-likeness (QED) is 0.0989. The van der Waals surface area contributed by atoms with Crippen LogP contribution in [0, 0.1) is 0 Å². The zero-order valence-corrected chi connectivity index (χ0v) is 63.0. The largest absolute Gasteiger partial charge is 0.507 e. The summed E-state index contributed by atoms with van der Waals surface area (Å²) in [5.74, 6) is 3.01. The van der Waals surface area contributed by atoms with Crippen LogP contribution in [0.5, 0.6) is 23.0 Å². The third-order valence-electron chi connectivity index (χ3n) is 20.1. The summed E-state index contributed by atoms with van der Waals surface area (Å²) in [6, 6.07) is 42.4. The first-order valence-electron chi connectivity index (χ1n) is 35.1. The average molecular weight is 1330 g/mol. The fraction of sp³-hybridized carbons (Fsp3) is 0.364. The zero-order valence-electron chi connectivity index (χ0n) is 63.0. The Bertz CT molecular complexity index is 5290. The number of nitrogens with one attached hydrogen (secondary N) is 2. The Morgan fingerprint density at radius 2 is 0.410 bits per heavy atom. The van der Waals surface area contributed by atoms with Gasteiger partial charge in [0.1, 0.15) is 45.6 Å². The van der Waals surface area contributed by atoms with Crippen molar-refractivity contribution < 1.29 is 20.4 Å². The molecule has 12 nitrogen and oxygen atoms in total. The van der Waals surface area contributed by atoms with E-state index in [0.717, 1.165) is 133 Å². The second-order valence-electron chi connectivity index (χ2n) is 36.3. The van der Waals surface area contributed by atoms with Gasteiger partial charge in [0.2, 0.25) is 0 Å². The highest BCUT2D eigenvalue weighted by Crippen LogP contribution is 2.50. The van der Waals surface area contributed by atoms with Crippen molar-refractivity contribution in [1.29, 1.82) is 0 Å². The van der Waals surface area contributed by atoms with E-state index in [9.17, 15) is 20.4 Å². The minimum Gasteiger partial charge on any atom is -0.507 e. The van der Waals surface area contributed by atoms with Gasteiger partial charge in [-0.1, -0.05) is 190 Å². The maximum atomic E-state index is 12.0.